The molecule has 1 aliphatic rings. The molecule has 53 heavy (non-hydrogen) atoms. The van der Waals surface area contributed by atoms with E-state index in [4.69, 9.17) is 9.47 Å². The minimum absolute atomic E-state index is 0.0694. The summed E-state index contributed by atoms with van der Waals surface area (Å²) in [5.41, 5.74) is 5.18. The Labute approximate surface area is 323 Å². The van der Waals surface area contributed by atoms with Gasteiger partial charge in [0.2, 0.25) is 11.8 Å². The standard InChI is InChI=1S/C45H74N2O6/c1-7-8-9-10-11-12-13-14-15-16-19-27-44(51)53-35-33-47(32-34-52-37-48)43(50)26-18-17-20-31-46-42(49)36-39(3)24-21-23-38(2)28-29-41-40(4)25-22-30-45(41,5)6/h21,23-24,28-29,36-37H,7-20,22,25-27,30-35H2,1-6H3,(H,46,49)/b24-21+,29-28+,38-23+,39-36+. The highest BCUT2D eigenvalue weighted by molar-refractivity contribution is 5.88. The Morgan fingerprint density at radius 3 is 2.09 bits per heavy atom. The van der Waals surface area contributed by atoms with Crippen molar-refractivity contribution in [2.45, 2.75) is 164 Å². The zero-order valence-corrected chi connectivity index (χ0v) is 34.4. The molecule has 0 radical (unpaired) electrons. The van der Waals surface area contributed by atoms with E-state index in [0.717, 1.165) is 43.3 Å². The predicted octanol–water partition coefficient (Wildman–Crippen LogP) is 10.4. The number of hydrogen-bond acceptors (Lipinski definition) is 6. The summed E-state index contributed by atoms with van der Waals surface area (Å²) < 4.78 is 10.2. The molecular weight excluding hydrogens is 665 g/mol. The molecule has 0 unspecified atom stereocenters. The van der Waals surface area contributed by atoms with Gasteiger partial charge in [0.25, 0.3) is 6.47 Å². The van der Waals surface area contributed by atoms with E-state index >= 15 is 0 Å². The fourth-order valence-corrected chi connectivity index (χ4v) is 6.73. The first-order valence-corrected chi connectivity index (χ1v) is 20.7. The predicted molar refractivity (Wildman–Crippen MR) is 218 cm³/mol. The molecule has 8 nitrogen and oxygen atoms in total. The summed E-state index contributed by atoms with van der Waals surface area (Å²) in [6, 6.07) is 0. The number of nitrogens with one attached hydrogen (secondary N) is 1. The van der Waals surface area contributed by atoms with Gasteiger partial charge in [-0.25, -0.2) is 0 Å². The minimum Gasteiger partial charge on any atom is -0.466 e. The number of carbonyl (C=O) groups excluding carboxylic acids is 4. The second-order valence-electron chi connectivity index (χ2n) is 15.4. The molecule has 1 aliphatic carbocycles. The van der Waals surface area contributed by atoms with Gasteiger partial charge in [0.1, 0.15) is 13.2 Å². The third kappa shape index (κ3) is 24.5. The van der Waals surface area contributed by atoms with E-state index in [-0.39, 0.29) is 49.5 Å². The van der Waals surface area contributed by atoms with Crippen LogP contribution >= 0.6 is 0 Å². The molecule has 0 saturated carbocycles. The molecule has 300 valence electrons. The summed E-state index contributed by atoms with van der Waals surface area (Å²) in [6.45, 7) is 14.8. The molecule has 8 heteroatoms. The quantitative estimate of drug-likeness (QED) is 0.0259. The molecule has 0 saturated heterocycles. The van der Waals surface area contributed by atoms with E-state index < -0.39 is 0 Å². The molecule has 0 aliphatic heterocycles. The summed E-state index contributed by atoms with van der Waals surface area (Å²) in [5, 5.41) is 2.93. The van der Waals surface area contributed by atoms with Crippen molar-refractivity contribution in [3.8, 4) is 0 Å². The van der Waals surface area contributed by atoms with Crippen LogP contribution in [0.4, 0.5) is 0 Å². The van der Waals surface area contributed by atoms with Crippen molar-refractivity contribution in [1.29, 1.82) is 0 Å². The molecule has 0 heterocycles. The van der Waals surface area contributed by atoms with Gasteiger partial charge in [-0.2, -0.15) is 0 Å². The second-order valence-corrected chi connectivity index (χ2v) is 15.4. The zero-order chi connectivity index (χ0) is 39.2. The van der Waals surface area contributed by atoms with Gasteiger partial charge in [0, 0.05) is 25.5 Å². The van der Waals surface area contributed by atoms with Crippen LogP contribution in [0.15, 0.2) is 58.7 Å². The van der Waals surface area contributed by atoms with Gasteiger partial charge >= 0.3 is 5.97 Å². The van der Waals surface area contributed by atoms with Crippen LogP contribution in [0.1, 0.15) is 164 Å². The van der Waals surface area contributed by atoms with Crippen molar-refractivity contribution in [2.75, 3.05) is 32.8 Å². The number of nitrogens with zero attached hydrogens (tertiary/aromatic N) is 1. The van der Waals surface area contributed by atoms with E-state index in [0.29, 0.717) is 32.3 Å². The number of rotatable bonds is 30. The summed E-state index contributed by atoms with van der Waals surface area (Å²) in [4.78, 5) is 49.7. The maximum atomic E-state index is 12.9. The van der Waals surface area contributed by atoms with Crippen molar-refractivity contribution in [2.24, 2.45) is 5.41 Å². The molecule has 0 spiro atoms. The van der Waals surface area contributed by atoms with Crippen LogP contribution in [0, 0.1) is 5.41 Å². The topological polar surface area (TPSA) is 102 Å². The highest BCUT2D eigenvalue weighted by Gasteiger charge is 2.26. The van der Waals surface area contributed by atoms with Crippen molar-refractivity contribution < 1.29 is 28.7 Å². The summed E-state index contributed by atoms with van der Waals surface area (Å²) >= 11 is 0. The highest BCUT2D eigenvalue weighted by atomic mass is 16.5. The van der Waals surface area contributed by atoms with Crippen molar-refractivity contribution in [1.82, 2.24) is 10.2 Å². The Morgan fingerprint density at radius 1 is 0.811 bits per heavy atom. The smallest absolute Gasteiger partial charge is 0.305 e. The Bertz CT molecular complexity index is 1230. The molecule has 0 atom stereocenters. The van der Waals surface area contributed by atoms with Gasteiger partial charge in [0.15, 0.2) is 0 Å². The molecule has 0 bridgehead atoms. The SMILES string of the molecule is CCCCCCCCCCCCCC(=O)OCCN(CCOC=O)C(=O)CCCCCNC(=O)/C=C(C)/C=C/C=C(C)/C=C/C1=C(C)CCCC1(C)C. The number of carbonyl (C=O) groups is 4. The van der Waals surface area contributed by atoms with Crippen LogP contribution in [0.2, 0.25) is 0 Å². The van der Waals surface area contributed by atoms with Gasteiger partial charge in [0.05, 0.1) is 13.1 Å². The molecule has 0 aromatic carbocycles. The third-order valence-corrected chi connectivity index (χ3v) is 10.0. The number of amides is 2. The number of hydrogen-bond donors (Lipinski definition) is 1. The third-order valence-electron chi connectivity index (χ3n) is 10.0. The van der Waals surface area contributed by atoms with Gasteiger partial charge in [-0.05, 0) is 75.9 Å². The average Bonchev–Trinajstić information content (AvgIpc) is 3.10. The van der Waals surface area contributed by atoms with Crippen molar-refractivity contribution >= 4 is 24.3 Å². The Kier molecular flexibility index (Phi) is 26.9. The molecule has 1 rings (SSSR count). The average molecular weight is 739 g/mol. The monoisotopic (exact) mass is 739 g/mol. The maximum Gasteiger partial charge on any atom is 0.305 e. The van der Waals surface area contributed by atoms with Crippen LogP contribution in [-0.4, -0.2) is 62.0 Å². The fraction of sp³-hybridized carbons (Fsp3) is 0.689. The molecule has 0 fully saturated rings. The molecular formula is C45H74N2O6. The Balaban J connectivity index is 2.29. The van der Waals surface area contributed by atoms with E-state index in [1.807, 2.05) is 19.1 Å². The summed E-state index contributed by atoms with van der Waals surface area (Å²) in [6.07, 6.45) is 32.1. The number of esters is 1. The molecule has 0 aromatic heterocycles. The van der Waals surface area contributed by atoms with E-state index in [1.165, 1.54) is 81.8 Å². The van der Waals surface area contributed by atoms with Crippen LogP contribution in [0.5, 0.6) is 0 Å². The van der Waals surface area contributed by atoms with Crippen molar-refractivity contribution in [3.05, 3.63) is 58.7 Å². The lowest BCUT2D eigenvalue weighted by molar-refractivity contribution is -0.146. The Morgan fingerprint density at radius 2 is 1.43 bits per heavy atom. The zero-order valence-electron chi connectivity index (χ0n) is 34.4. The summed E-state index contributed by atoms with van der Waals surface area (Å²) in [7, 11) is 0. The lowest BCUT2D eigenvalue weighted by Gasteiger charge is -2.32. The van der Waals surface area contributed by atoms with Crippen LogP contribution < -0.4 is 5.32 Å². The van der Waals surface area contributed by atoms with E-state index in [2.05, 4.69) is 58.2 Å². The Hall–Kier alpha value is -3.42. The van der Waals surface area contributed by atoms with Crippen molar-refractivity contribution in [3.63, 3.8) is 0 Å². The normalized spacial score (nSPS) is 14.9. The molecule has 2 amide bonds. The minimum atomic E-state index is -0.234. The number of ether oxygens (including phenoxy) is 2. The number of unbranched alkanes of at least 4 members (excludes halogenated alkanes) is 12. The van der Waals surface area contributed by atoms with Crippen LogP contribution in [0.3, 0.4) is 0 Å². The van der Waals surface area contributed by atoms with Gasteiger partial charge < -0.3 is 19.7 Å². The van der Waals surface area contributed by atoms with Gasteiger partial charge in [-0.3, -0.25) is 19.2 Å². The lowest BCUT2D eigenvalue weighted by atomic mass is 9.72. The van der Waals surface area contributed by atoms with Crippen LogP contribution in [0.25, 0.3) is 0 Å². The largest absolute Gasteiger partial charge is 0.466 e. The first kappa shape index (κ1) is 47.6. The molecule has 0 aromatic rings. The second kappa shape index (κ2) is 30.0. The lowest BCUT2D eigenvalue weighted by Crippen LogP contribution is -2.37. The number of allylic oxidation sites excluding steroid dienone is 9. The first-order valence-electron chi connectivity index (χ1n) is 20.7. The maximum absolute atomic E-state index is 12.9. The fourth-order valence-electron chi connectivity index (χ4n) is 6.73. The highest BCUT2D eigenvalue weighted by Crippen LogP contribution is 2.40. The van der Waals surface area contributed by atoms with Gasteiger partial charge in [-0.1, -0.05) is 133 Å². The van der Waals surface area contributed by atoms with E-state index in [9.17, 15) is 19.2 Å². The van der Waals surface area contributed by atoms with E-state index in [1.54, 1.807) is 11.0 Å². The first-order chi connectivity index (χ1) is 25.5. The van der Waals surface area contributed by atoms with Gasteiger partial charge in [-0.15, -0.1) is 0 Å². The van der Waals surface area contributed by atoms with Crippen LogP contribution in [-0.2, 0) is 28.7 Å². The molecule has 1 N–H and O–H groups in total. The summed E-state index contributed by atoms with van der Waals surface area (Å²) in [5.74, 6) is -0.437.